The standard InChI is InChI=1S/C9H13N3O3S/c1-6-4-3-5-7(12-16(2,14)15)8(6)9(10)11-13/h3-5,12-13H,1-2H3,(H2,10,11). The van der Waals surface area contributed by atoms with Crippen LogP contribution in [-0.2, 0) is 10.0 Å². The van der Waals surface area contributed by atoms with Gasteiger partial charge in [-0.25, -0.2) is 8.42 Å². The molecule has 1 rings (SSSR count). The maximum atomic E-state index is 11.1. The summed E-state index contributed by atoms with van der Waals surface area (Å²) in [5.41, 5.74) is 6.85. The number of hydrogen-bond acceptors (Lipinski definition) is 4. The molecule has 0 fully saturated rings. The second-order valence-corrected chi connectivity index (χ2v) is 5.11. The molecule has 4 N–H and O–H groups in total. The summed E-state index contributed by atoms with van der Waals surface area (Å²) in [7, 11) is -3.40. The van der Waals surface area contributed by atoms with Crippen molar-refractivity contribution in [3.8, 4) is 0 Å². The summed E-state index contributed by atoms with van der Waals surface area (Å²) in [6, 6.07) is 4.96. The van der Waals surface area contributed by atoms with Gasteiger partial charge in [0.05, 0.1) is 11.9 Å². The molecule has 0 aliphatic carbocycles. The summed E-state index contributed by atoms with van der Waals surface area (Å²) < 4.78 is 24.5. The predicted molar refractivity (Wildman–Crippen MR) is 62.2 cm³/mol. The van der Waals surface area contributed by atoms with Crippen molar-refractivity contribution in [1.29, 1.82) is 0 Å². The van der Waals surface area contributed by atoms with Crippen LogP contribution in [0.4, 0.5) is 5.69 Å². The average Bonchev–Trinajstić information content (AvgIpc) is 2.14. The molecule has 0 aliphatic heterocycles. The van der Waals surface area contributed by atoms with Crippen LogP contribution in [0.2, 0.25) is 0 Å². The number of nitrogens with two attached hydrogens (primary N) is 1. The number of oxime groups is 1. The van der Waals surface area contributed by atoms with Gasteiger partial charge in [-0.2, -0.15) is 0 Å². The fourth-order valence-corrected chi connectivity index (χ4v) is 1.91. The first kappa shape index (κ1) is 12.3. The molecule has 0 amide bonds. The molecule has 6 nitrogen and oxygen atoms in total. The van der Waals surface area contributed by atoms with Crippen LogP contribution in [0.5, 0.6) is 0 Å². The number of rotatable bonds is 3. The summed E-state index contributed by atoms with van der Waals surface area (Å²) >= 11 is 0. The highest BCUT2D eigenvalue weighted by molar-refractivity contribution is 7.92. The molecule has 0 heterocycles. The van der Waals surface area contributed by atoms with Crippen molar-refractivity contribution in [2.45, 2.75) is 6.92 Å². The number of aryl methyl sites for hydroxylation is 1. The Labute approximate surface area is 93.8 Å². The van der Waals surface area contributed by atoms with Gasteiger partial charge in [0.15, 0.2) is 5.84 Å². The number of hydrogen-bond donors (Lipinski definition) is 3. The number of anilines is 1. The maximum Gasteiger partial charge on any atom is 0.229 e. The lowest BCUT2D eigenvalue weighted by molar-refractivity contribution is 0.318. The summed E-state index contributed by atoms with van der Waals surface area (Å²) in [5.74, 6) is -0.135. The molecule has 0 saturated heterocycles. The van der Waals surface area contributed by atoms with Crippen molar-refractivity contribution in [3.63, 3.8) is 0 Å². The van der Waals surface area contributed by atoms with Gasteiger partial charge in [-0.15, -0.1) is 0 Å². The Balaban J connectivity index is 3.35. The van der Waals surface area contributed by atoms with E-state index in [0.29, 0.717) is 11.1 Å². The molecule has 1 aromatic rings. The minimum absolute atomic E-state index is 0.135. The molecule has 0 spiro atoms. The van der Waals surface area contributed by atoms with Crippen LogP contribution in [0, 0.1) is 6.92 Å². The second kappa shape index (κ2) is 4.40. The van der Waals surface area contributed by atoms with Gasteiger partial charge in [0.2, 0.25) is 10.0 Å². The Bertz CT molecular complexity index is 523. The van der Waals surface area contributed by atoms with Gasteiger partial charge in [0, 0.05) is 5.56 Å². The van der Waals surface area contributed by atoms with Crippen LogP contribution in [0.25, 0.3) is 0 Å². The van der Waals surface area contributed by atoms with Gasteiger partial charge in [-0.1, -0.05) is 17.3 Å². The fourth-order valence-electron chi connectivity index (χ4n) is 1.34. The third kappa shape index (κ3) is 2.86. The smallest absolute Gasteiger partial charge is 0.229 e. The summed E-state index contributed by atoms with van der Waals surface area (Å²) in [4.78, 5) is 0. The zero-order chi connectivity index (χ0) is 12.3. The van der Waals surface area contributed by atoms with E-state index in [9.17, 15) is 8.42 Å². The number of sulfonamides is 1. The van der Waals surface area contributed by atoms with Gasteiger partial charge in [0.25, 0.3) is 0 Å². The molecule has 16 heavy (non-hydrogen) atoms. The van der Waals surface area contributed by atoms with Crippen molar-refractivity contribution in [2.75, 3.05) is 11.0 Å². The van der Waals surface area contributed by atoms with Crippen LogP contribution in [0.1, 0.15) is 11.1 Å². The average molecular weight is 243 g/mol. The lowest BCUT2D eigenvalue weighted by Gasteiger charge is -2.11. The monoisotopic (exact) mass is 243 g/mol. The topological polar surface area (TPSA) is 105 Å². The van der Waals surface area contributed by atoms with E-state index in [1.807, 2.05) is 0 Å². The zero-order valence-electron chi connectivity index (χ0n) is 8.93. The van der Waals surface area contributed by atoms with E-state index in [4.69, 9.17) is 10.9 Å². The Morgan fingerprint density at radius 3 is 2.62 bits per heavy atom. The van der Waals surface area contributed by atoms with Crippen LogP contribution < -0.4 is 10.5 Å². The molecule has 1 aromatic carbocycles. The Morgan fingerprint density at radius 1 is 1.50 bits per heavy atom. The predicted octanol–water partition coefficient (Wildman–Crippen LogP) is 0.461. The molecule has 7 heteroatoms. The summed E-state index contributed by atoms with van der Waals surface area (Å²) in [5, 5.41) is 11.5. The zero-order valence-corrected chi connectivity index (χ0v) is 9.75. The van der Waals surface area contributed by atoms with E-state index in [1.165, 1.54) is 0 Å². The first-order chi connectivity index (χ1) is 7.35. The highest BCUT2D eigenvalue weighted by Crippen LogP contribution is 2.20. The van der Waals surface area contributed by atoms with Crippen LogP contribution in [-0.4, -0.2) is 25.7 Å². The lowest BCUT2D eigenvalue weighted by Crippen LogP contribution is -2.19. The molecule has 88 valence electrons. The van der Waals surface area contributed by atoms with Crippen molar-refractivity contribution in [2.24, 2.45) is 10.9 Å². The highest BCUT2D eigenvalue weighted by Gasteiger charge is 2.12. The summed E-state index contributed by atoms with van der Waals surface area (Å²) in [6.45, 7) is 1.74. The van der Waals surface area contributed by atoms with E-state index < -0.39 is 10.0 Å². The van der Waals surface area contributed by atoms with E-state index in [0.717, 1.165) is 6.26 Å². The van der Waals surface area contributed by atoms with E-state index in [1.54, 1.807) is 25.1 Å². The fraction of sp³-hybridized carbons (Fsp3) is 0.222. The Morgan fingerprint density at radius 2 is 2.12 bits per heavy atom. The highest BCUT2D eigenvalue weighted by atomic mass is 32.2. The quantitative estimate of drug-likeness (QED) is 0.310. The third-order valence-corrected chi connectivity index (χ3v) is 2.52. The van der Waals surface area contributed by atoms with Gasteiger partial charge >= 0.3 is 0 Å². The third-order valence-electron chi connectivity index (χ3n) is 1.93. The van der Waals surface area contributed by atoms with Gasteiger partial charge < -0.3 is 10.9 Å². The van der Waals surface area contributed by atoms with Crippen molar-refractivity contribution < 1.29 is 13.6 Å². The van der Waals surface area contributed by atoms with Gasteiger partial charge in [0.1, 0.15) is 0 Å². The minimum atomic E-state index is -3.40. The number of nitrogens with one attached hydrogen (secondary N) is 1. The van der Waals surface area contributed by atoms with Crippen molar-refractivity contribution in [1.82, 2.24) is 0 Å². The number of nitrogens with zero attached hydrogens (tertiary/aromatic N) is 1. The number of benzene rings is 1. The molecular weight excluding hydrogens is 230 g/mol. The molecule has 0 aromatic heterocycles. The normalized spacial score (nSPS) is 12.5. The van der Waals surface area contributed by atoms with Gasteiger partial charge in [-0.05, 0) is 18.6 Å². The van der Waals surface area contributed by atoms with Gasteiger partial charge in [-0.3, -0.25) is 4.72 Å². The first-order valence-corrected chi connectivity index (χ1v) is 6.29. The Hall–Kier alpha value is -1.76. The van der Waals surface area contributed by atoms with E-state index in [2.05, 4.69) is 9.88 Å². The first-order valence-electron chi connectivity index (χ1n) is 4.40. The molecule has 0 atom stereocenters. The van der Waals surface area contributed by atoms with E-state index in [-0.39, 0.29) is 11.5 Å². The molecule has 0 radical (unpaired) electrons. The van der Waals surface area contributed by atoms with Crippen LogP contribution in [0.15, 0.2) is 23.4 Å². The molecule has 0 unspecified atom stereocenters. The van der Waals surface area contributed by atoms with Crippen LogP contribution in [0.3, 0.4) is 0 Å². The van der Waals surface area contributed by atoms with Crippen molar-refractivity contribution >= 4 is 21.5 Å². The SMILES string of the molecule is Cc1cccc(NS(C)(=O)=O)c1/C(N)=N/O. The maximum absolute atomic E-state index is 11.1. The molecule has 0 aliphatic rings. The van der Waals surface area contributed by atoms with Crippen molar-refractivity contribution in [3.05, 3.63) is 29.3 Å². The van der Waals surface area contributed by atoms with Crippen LogP contribution >= 0.6 is 0 Å². The largest absolute Gasteiger partial charge is 0.409 e. The molecular formula is C9H13N3O3S. The second-order valence-electron chi connectivity index (χ2n) is 3.36. The number of amidine groups is 1. The molecule has 0 bridgehead atoms. The lowest BCUT2D eigenvalue weighted by atomic mass is 10.1. The summed E-state index contributed by atoms with van der Waals surface area (Å²) in [6.07, 6.45) is 1.03. The van der Waals surface area contributed by atoms with E-state index >= 15 is 0 Å². The Kier molecular flexibility index (Phi) is 3.38. The minimum Gasteiger partial charge on any atom is -0.409 e. The molecule has 0 saturated carbocycles.